The van der Waals surface area contributed by atoms with E-state index in [1.54, 1.807) is 12.3 Å². The second-order valence-corrected chi connectivity index (χ2v) is 5.05. The van der Waals surface area contributed by atoms with Crippen LogP contribution in [0.1, 0.15) is 24.0 Å². The van der Waals surface area contributed by atoms with Gasteiger partial charge in [0.15, 0.2) is 0 Å². The van der Waals surface area contributed by atoms with Crippen molar-refractivity contribution in [2.24, 2.45) is 5.18 Å². The van der Waals surface area contributed by atoms with Gasteiger partial charge in [0.25, 0.3) is 0 Å². The maximum absolute atomic E-state index is 10.6. The standard InChI is InChI=1S/C16H16ClN3O/c1-12(14-7-8-16(17)19-10-14)15(11-20-21)18-9-13-5-3-2-4-6-13/h2-8,10-12,18H,9H2,1H3/b15-11-. The molecule has 0 saturated heterocycles. The van der Waals surface area contributed by atoms with Crippen LogP contribution in [-0.2, 0) is 6.54 Å². The van der Waals surface area contributed by atoms with Crippen LogP contribution in [-0.4, -0.2) is 4.98 Å². The molecule has 21 heavy (non-hydrogen) atoms. The van der Waals surface area contributed by atoms with E-state index in [-0.39, 0.29) is 5.92 Å². The Labute approximate surface area is 128 Å². The van der Waals surface area contributed by atoms with Crippen molar-refractivity contribution in [3.8, 4) is 0 Å². The first-order valence-corrected chi connectivity index (χ1v) is 7.00. The first-order valence-electron chi connectivity index (χ1n) is 6.62. The van der Waals surface area contributed by atoms with Crippen molar-refractivity contribution in [1.82, 2.24) is 10.3 Å². The van der Waals surface area contributed by atoms with Crippen LogP contribution in [0.2, 0.25) is 5.15 Å². The predicted molar refractivity (Wildman–Crippen MR) is 84.8 cm³/mol. The molecule has 108 valence electrons. The Morgan fingerprint density at radius 3 is 2.71 bits per heavy atom. The molecule has 1 N–H and O–H groups in total. The highest BCUT2D eigenvalue weighted by atomic mass is 35.5. The van der Waals surface area contributed by atoms with E-state index in [9.17, 15) is 4.91 Å². The molecule has 4 nitrogen and oxygen atoms in total. The molecule has 0 aliphatic rings. The van der Waals surface area contributed by atoms with Crippen LogP contribution in [0, 0.1) is 4.91 Å². The highest BCUT2D eigenvalue weighted by molar-refractivity contribution is 6.29. The van der Waals surface area contributed by atoms with Gasteiger partial charge in [0.05, 0.1) is 6.20 Å². The molecule has 0 fully saturated rings. The minimum Gasteiger partial charge on any atom is -0.382 e. The van der Waals surface area contributed by atoms with E-state index in [0.29, 0.717) is 11.7 Å². The quantitative estimate of drug-likeness (QED) is 0.641. The lowest BCUT2D eigenvalue weighted by Gasteiger charge is -2.17. The molecule has 1 atom stereocenters. The molecule has 0 saturated carbocycles. The van der Waals surface area contributed by atoms with E-state index in [4.69, 9.17) is 11.6 Å². The molecule has 5 heteroatoms. The molecule has 1 unspecified atom stereocenters. The summed E-state index contributed by atoms with van der Waals surface area (Å²) in [6.07, 6.45) is 3.01. The number of nitroso groups, excluding NO2 is 1. The van der Waals surface area contributed by atoms with Crippen molar-refractivity contribution < 1.29 is 0 Å². The number of nitrogens with zero attached hydrogens (tertiary/aromatic N) is 2. The van der Waals surface area contributed by atoms with Crippen molar-refractivity contribution in [2.75, 3.05) is 0 Å². The van der Waals surface area contributed by atoms with Crippen molar-refractivity contribution in [1.29, 1.82) is 0 Å². The van der Waals surface area contributed by atoms with Gasteiger partial charge in [0.2, 0.25) is 0 Å². The lowest BCUT2D eigenvalue weighted by Crippen LogP contribution is -2.17. The normalized spacial score (nSPS) is 12.8. The van der Waals surface area contributed by atoms with Crippen molar-refractivity contribution in [3.05, 3.63) is 81.7 Å². The summed E-state index contributed by atoms with van der Waals surface area (Å²) < 4.78 is 0. The number of allylic oxidation sites excluding steroid dienone is 1. The molecular weight excluding hydrogens is 286 g/mol. The molecule has 0 radical (unpaired) electrons. The van der Waals surface area contributed by atoms with Crippen molar-refractivity contribution in [3.63, 3.8) is 0 Å². The monoisotopic (exact) mass is 301 g/mol. The van der Waals surface area contributed by atoms with Gasteiger partial charge in [-0.25, -0.2) is 4.98 Å². The number of hydrogen-bond donors (Lipinski definition) is 1. The second-order valence-electron chi connectivity index (χ2n) is 4.66. The summed E-state index contributed by atoms with van der Waals surface area (Å²) >= 11 is 5.79. The lowest BCUT2D eigenvalue weighted by atomic mass is 9.99. The lowest BCUT2D eigenvalue weighted by molar-refractivity contribution is 0.710. The van der Waals surface area contributed by atoms with Gasteiger partial charge in [-0.05, 0) is 22.4 Å². The third-order valence-corrected chi connectivity index (χ3v) is 3.47. The number of aromatic nitrogens is 1. The van der Waals surface area contributed by atoms with E-state index in [2.05, 4.69) is 15.5 Å². The third kappa shape index (κ3) is 4.39. The summed E-state index contributed by atoms with van der Waals surface area (Å²) in [6, 6.07) is 13.6. The summed E-state index contributed by atoms with van der Waals surface area (Å²) in [5.41, 5.74) is 2.85. The average molecular weight is 302 g/mol. The van der Waals surface area contributed by atoms with Crippen LogP contribution < -0.4 is 5.32 Å². The van der Waals surface area contributed by atoms with Gasteiger partial charge in [-0.1, -0.05) is 54.9 Å². The molecule has 0 aliphatic heterocycles. The Morgan fingerprint density at radius 2 is 2.10 bits per heavy atom. The van der Waals surface area contributed by atoms with E-state index in [1.807, 2.05) is 43.3 Å². The zero-order valence-electron chi connectivity index (χ0n) is 11.7. The van der Waals surface area contributed by atoms with E-state index >= 15 is 0 Å². The van der Waals surface area contributed by atoms with Gasteiger partial charge >= 0.3 is 0 Å². The first kappa shape index (κ1) is 15.2. The van der Waals surface area contributed by atoms with Gasteiger partial charge in [-0.2, -0.15) is 0 Å². The minimum atomic E-state index is -0.0174. The van der Waals surface area contributed by atoms with Gasteiger partial charge in [0.1, 0.15) is 5.15 Å². The van der Waals surface area contributed by atoms with Crippen LogP contribution in [0.3, 0.4) is 0 Å². The predicted octanol–water partition coefficient (Wildman–Crippen LogP) is 4.24. The average Bonchev–Trinajstić information content (AvgIpc) is 2.52. The fourth-order valence-corrected chi connectivity index (χ4v) is 2.10. The molecule has 1 aromatic carbocycles. The Hall–Kier alpha value is -2.20. The number of nitrogens with one attached hydrogen (secondary N) is 1. The minimum absolute atomic E-state index is 0.0174. The Morgan fingerprint density at radius 1 is 1.33 bits per heavy atom. The molecule has 2 rings (SSSR count). The second kappa shape index (κ2) is 7.55. The number of benzene rings is 1. The number of halogens is 1. The largest absolute Gasteiger partial charge is 0.382 e. The van der Waals surface area contributed by atoms with Gasteiger partial charge < -0.3 is 5.32 Å². The summed E-state index contributed by atoms with van der Waals surface area (Å²) in [4.78, 5) is 14.7. The Bertz CT molecular complexity index is 611. The van der Waals surface area contributed by atoms with Crippen LogP contribution in [0.5, 0.6) is 0 Å². The smallest absolute Gasteiger partial charge is 0.129 e. The van der Waals surface area contributed by atoms with Gasteiger partial charge in [-0.15, -0.1) is 4.91 Å². The summed E-state index contributed by atoms with van der Waals surface area (Å²) in [7, 11) is 0. The highest BCUT2D eigenvalue weighted by Crippen LogP contribution is 2.22. The van der Waals surface area contributed by atoms with E-state index < -0.39 is 0 Å². The molecule has 0 amide bonds. The van der Waals surface area contributed by atoms with Crippen LogP contribution in [0.15, 0.2) is 65.7 Å². The summed E-state index contributed by atoms with van der Waals surface area (Å²) in [5.74, 6) is -0.0174. The van der Waals surface area contributed by atoms with E-state index in [1.165, 1.54) is 6.20 Å². The van der Waals surface area contributed by atoms with Gasteiger partial charge in [-0.3, -0.25) is 0 Å². The van der Waals surface area contributed by atoms with Crippen molar-refractivity contribution in [2.45, 2.75) is 19.4 Å². The molecular formula is C16H16ClN3O. The van der Waals surface area contributed by atoms with Crippen LogP contribution >= 0.6 is 11.6 Å². The molecule has 1 aromatic heterocycles. The maximum Gasteiger partial charge on any atom is 0.129 e. The number of pyridine rings is 1. The molecule has 1 heterocycles. The summed E-state index contributed by atoms with van der Waals surface area (Å²) in [5, 5.41) is 6.59. The van der Waals surface area contributed by atoms with Gasteiger partial charge in [0, 0.05) is 24.4 Å². The molecule has 2 aromatic rings. The third-order valence-electron chi connectivity index (χ3n) is 3.25. The zero-order valence-corrected chi connectivity index (χ0v) is 12.4. The summed E-state index contributed by atoms with van der Waals surface area (Å²) in [6.45, 7) is 2.62. The highest BCUT2D eigenvalue weighted by Gasteiger charge is 2.12. The number of rotatable bonds is 6. The fraction of sp³-hybridized carbons (Fsp3) is 0.188. The topological polar surface area (TPSA) is 54.4 Å². The molecule has 0 bridgehead atoms. The Balaban J connectivity index is 2.09. The Kier molecular flexibility index (Phi) is 5.46. The zero-order chi connectivity index (χ0) is 15.1. The fourth-order valence-electron chi connectivity index (χ4n) is 1.99. The number of hydrogen-bond acceptors (Lipinski definition) is 4. The molecule has 0 spiro atoms. The SMILES string of the molecule is CC(/C(=C/N=O)NCc1ccccc1)c1ccc(Cl)nc1. The maximum atomic E-state index is 10.6. The van der Waals surface area contributed by atoms with Crippen molar-refractivity contribution >= 4 is 11.6 Å². The molecule has 0 aliphatic carbocycles. The first-order chi connectivity index (χ1) is 10.2. The van der Waals surface area contributed by atoms with Crippen LogP contribution in [0.25, 0.3) is 0 Å². The van der Waals surface area contributed by atoms with E-state index in [0.717, 1.165) is 16.8 Å². The van der Waals surface area contributed by atoms with Crippen LogP contribution in [0.4, 0.5) is 0 Å².